The number of hydrogen-bond donors (Lipinski definition) is 4. The number of aryl methyl sites for hydroxylation is 5. The predicted octanol–water partition coefficient (Wildman–Crippen LogP) is 8.09. The Morgan fingerprint density at radius 1 is 0.766 bits per heavy atom. The third-order valence-electron chi connectivity index (χ3n) is 10.3. The number of hydrogen-bond acceptors (Lipinski definition) is 12. The highest BCUT2D eigenvalue weighted by molar-refractivity contribution is 7.10. The van der Waals surface area contributed by atoms with Crippen molar-refractivity contribution in [3.8, 4) is 0 Å². The average Bonchev–Trinajstić information content (AvgIpc) is 3.98. The molecule has 3 amide bonds. The van der Waals surface area contributed by atoms with E-state index >= 15 is 0 Å². The molecule has 0 aliphatic carbocycles. The number of nitrogens with one attached hydrogen (secondary N) is 3. The Morgan fingerprint density at radius 3 is 1.62 bits per heavy atom. The van der Waals surface area contributed by atoms with Crippen molar-refractivity contribution in [2.75, 3.05) is 26.2 Å². The molecule has 0 spiro atoms. The molecule has 2 saturated heterocycles. The number of nitrogens with zero attached hydrogens (tertiary/aromatic N) is 2. The summed E-state index contributed by atoms with van der Waals surface area (Å²) in [4.78, 5) is 88.3. The van der Waals surface area contributed by atoms with Gasteiger partial charge in [0.2, 0.25) is 0 Å². The fraction of sp³-hybridized carbons (Fsp3) is 0.522. The third-order valence-corrected chi connectivity index (χ3v) is 12.7. The van der Waals surface area contributed by atoms with E-state index in [4.69, 9.17) is 24.8 Å². The van der Waals surface area contributed by atoms with E-state index in [9.17, 15) is 24.0 Å². The van der Waals surface area contributed by atoms with Gasteiger partial charge in [-0.2, -0.15) is 9.59 Å². The first-order valence-electron chi connectivity index (χ1n) is 20.8. The summed E-state index contributed by atoms with van der Waals surface area (Å²) in [6.07, 6.45) is 1.67. The van der Waals surface area contributed by atoms with Gasteiger partial charge in [0.05, 0.1) is 5.56 Å². The number of amides is 3. The molecule has 4 aromatic rings. The molecule has 0 saturated carbocycles. The molecule has 2 unspecified atom stereocenters. The minimum atomic E-state index is -0.517. The van der Waals surface area contributed by atoms with E-state index < -0.39 is 11.2 Å². The first kappa shape index (κ1) is 55.1. The van der Waals surface area contributed by atoms with E-state index in [1.54, 1.807) is 27.6 Å². The molecule has 352 valence electrons. The van der Waals surface area contributed by atoms with Gasteiger partial charge >= 0.3 is 18.3 Å². The molecule has 15 nitrogen and oxygen atoms in total. The summed E-state index contributed by atoms with van der Waals surface area (Å²) in [5, 5.41) is 6.87. The van der Waals surface area contributed by atoms with Gasteiger partial charge in [-0.05, 0) is 142 Å². The fourth-order valence-electron chi connectivity index (χ4n) is 7.29. The third kappa shape index (κ3) is 16.2. The Bertz CT molecular complexity index is 2370. The Hall–Kier alpha value is -5.06. The van der Waals surface area contributed by atoms with Gasteiger partial charge < -0.3 is 40.3 Å². The Labute approximate surface area is 389 Å². The summed E-state index contributed by atoms with van der Waals surface area (Å²) in [6, 6.07) is 5.97. The van der Waals surface area contributed by atoms with E-state index in [0.29, 0.717) is 42.2 Å². The maximum atomic E-state index is 12.8. The maximum absolute atomic E-state index is 12.8. The lowest BCUT2D eigenvalue weighted by molar-refractivity contribution is -0.191. The number of likely N-dealkylation sites (tertiary alicyclic amines) is 2. The van der Waals surface area contributed by atoms with Crippen molar-refractivity contribution in [2.45, 2.75) is 132 Å². The van der Waals surface area contributed by atoms with Crippen molar-refractivity contribution < 1.29 is 33.4 Å². The lowest BCUT2D eigenvalue weighted by Gasteiger charge is -2.24. The summed E-state index contributed by atoms with van der Waals surface area (Å²) in [7, 11) is 0. The summed E-state index contributed by atoms with van der Waals surface area (Å²) >= 11 is 3.35. The maximum Gasteiger partial charge on any atom is 0.410 e. The van der Waals surface area contributed by atoms with E-state index in [2.05, 4.69) is 33.7 Å². The highest BCUT2D eigenvalue weighted by Crippen LogP contribution is 2.36. The van der Waals surface area contributed by atoms with Crippen LogP contribution in [-0.4, -0.2) is 81.4 Å². The van der Waals surface area contributed by atoms with Crippen molar-refractivity contribution in [3.63, 3.8) is 0 Å². The van der Waals surface area contributed by atoms with E-state index in [-0.39, 0.29) is 60.2 Å². The Morgan fingerprint density at radius 2 is 1.22 bits per heavy atom. The summed E-state index contributed by atoms with van der Waals surface area (Å²) in [5.41, 5.74) is 11.9. The van der Waals surface area contributed by atoms with Crippen molar-refractivity contribution in [3.05, 3.63) is 110 Å². The fourth-order valence-corrected chi connectivity index (χ4v) is 9.55. The van der Waals surface area contributed by atoms with Crippen LogP contribution < -0.4 is 22.2 Å². The molecule has 0 aromatic carbocycles. The zero-order valence-electron chi connectivity index (χ0n) is 39.1. The minimum Gasteiger partial charge on any atom is -0.444 e. The molecule has 2 atom stereocenters. The molecule has 6 rings (SSSR count). The Kier molecular flexibility index (Phi) is 20.9. The van der Waals surface area contributed by atoms with Crippen molar-refractivity contribution in [1.29, 1.82) is 0 Å². The van der Waals surface area contributed by atoms with Crippen LogP contribution in [0.1, 0.15) is 131 Å². The number of H-pyrrole nitrogens is 2. The molecule has 2 aliphatic rings. The number of rotatable bonds is 6. The summed E-state index contributed by atoms with van der Waals surface area (Å²) in [5.74, 6) is 0.486. The Balaban J connectivity index is 0.000000358. The molecule has 6 heterocycles. The van der Waals surface area contributed by atoms with Crippen LogP contribution in [0.5, 0.6) is 0 Å². The van der Waals surface area contributed by atoms with Crippen LogP contribution in [0.4, 0.5) is 9.59 Å². The van der Waals surface area contributed by atoms with Crippen LogP contribution >= 0.6 is 35.1 Å². The van der Waals surface area contributed by atoms with Crippen LogP contribution in [0, 0.1) is 41.5 Å². The highest BCUT2D eigenvalue weighted by atomic mass is 35.5. The van der Waals surface area contributed by atoms with Gasteiger partial charge in [-0.25, -0.2) is 9.59 Å². The quantitative estimate of drug-likeness (QED) is 0.146. The monoisotopic (exact) mass is 944 g/mol. The molecule has 0 radical (unpaired) electrons. The van der Waals surface area contributed by atoms with E-state index in [1.165, 1.54) is 10.4 Å². The molecule has 64 heavy (non-hydrogen) atoms. The lowest BCUT2D eigenvalue weighted by atomic mass is 10.0. The first-order chi connectivity index (χ1) is 29.4. The van der Waals surface area contributed by atoms with Crippen molar-refractivity contribution in [2.24, 2.45) is 5.73 Å². The molecular formula is C46H65ClN6O9S2. The van der Waals surface area contributed by atoms with Gasteiger partial charge in [-0.3, -0.25) is 14.4 Å². The number of aromatic amines is 2. The summed E-state index contributed by atoms with van der Waals surface area (Å²) in [6.45, 7) is 26.1. The number of aromatic nitrogens is 2. The largest absolute Gasteiger partial charge is 0.444 e. The zero-order chi connectivity index (χ0) is 47.4. The van der Waals surface area contributed by atoms with Crippen molar-refractivity contribution in [1.82, 2.24) is 25.1 Å². The molecule has 5 N–H and O–H groups in total. The smallest absolute Gasteiger partial charge is 0.410 e. The standard InChI is InChI=1S/C23H31N3O4S.C14H21NO2S.C8H12N2O.CO2.ClH/c1-13-9-14(2)25-21(28)17(13)10-24-20(27)18-12-31-19(15(18)3)16-7-8-26(11-16)22(29)30-23(4,5)6;1-10-6-8-18-12(10)11-5-7-15(9-11)13(16)17-14(2,3)4;1-5-3-6(2)10-8(11)7(5)4-9;2-1-3;/h9,12,16H,7-8,10-11H2,1-6H3,(H,24,27)(H,25,28);6,8,11H,5,7,9H2,1-4H3;3H,4,9H2,1-2H3,(H,10,11);;1H. The second-order valence-corrected chi connectivity index (χ2v) is 19.6. The molecule has 4 aromatic heterocycles. The molecule has 2 aliphatic heterocycles. The molecule has 18 heteroatoms. The van der Waals surface area contributed by atoms with Gasteiger partial charge in [0.25, 0.3) is 17.0 Å². The number of ether oxygens (including phenoxy) is 2. The van der Waals surface area contributed by atoms with Crippen LogP contribution in [-0.2, 0) is 32.2 Å². The van der Waals surface area contributed by atoms with Gasteiger partial charge in [-0.1, -0.05) is 0 Å². The van der Waals surface area contributed by atoms with Gasteiger partial charge in [0, 0.05) is 88.8 Å². The molecule has 0 bridgehead atoms. The SMILES string of the molecule is Cc1cc(C)c(CN)c(=O)[nH]1.Cc1cc(C)c(CNC(=O)c2csc(C3CCN(C(=O)OC(C)(C)C)C3)c2C)c(=O)[nH]1.Cc1ccsc1C1CCN(C(=O)OC(C)(C)C)C1.Cl.O=C=O. The number of thiophene rings is 2. The first-order valence-corrected chi connectivity index (χ1v) is 22.6. The zero-order valence-corrected chi connectivity index (χ0v) is 41.5. The van der Waals surface area contributed by atoms with Gasteiger partial charge in [0.1, 0.15) is 11.2 Å². The van der Waals surface area contributed by atoms with Crippen molar-refractivity contribution >= 4 is 59.3 Å². The molecular weight excluding hydrogens is 880 g/mol. The summed E-state index contributed by atoms with van der Waals surface area (Å²) < 4.78 is 10.9. The second-order valence-electron chi connectivity index (χ2n) is 17.8. The van der Waals surface area contributed by atoms with Gasteiger partial charge in [0.15, 0.2) is 0 Å². The van der Waals surface area contributed by atoms with Gasteiger partial charge in [-0.15, -0.1) is 35.1 Å². The van der Waals surface area contributed by atoms with Crippen LogP contribution in [0.25, 0.3) is 0 Å². The lowest BCUT2D eigenvalue weighted by Crippen LogP contribution is -2.35. The van der Waals surface area contributed by atoms with Crippen LogP contribution in [0.2, 0.25) is 0 Å². The number of nitrogens with two attached hydrogens (primary N) is 1. The van der Waals surface area contributed by atoms with Crippen LogP contribution in [0.15, 0.2) is 38.5 Å². The molecule has 2 fully saturated rings. The number of pyridine rings is 2. The number of halogens is 1. The second kappa shape index (κ2) is 24.3. The predicted molar refractivity (Wildman–Crippen MR) is 253 cm³/mol. The average molecular weight is 946 g/mol. The topological polar surface area (TPSA) is 214 Å². The normalized spacial score (nSPS) is 15.5. The van der Waals surface area contributed by atoms with E-state index in [0.717, 1.165) is 58.9 Å². The van der Waals surface area contributed by atoms with E-state index in [1.807, 2.05) is 98.6 Å². The number of carbonyl (C=O) groups is 3. The minimum absolute atomic E-state index is 0. The van der Waals surface area contributed by atoms with Crippen LogP contribution in [0.3, 0.4) is 0 Å². The highest BCUT2D eigenvalue weighted by Gasteiger charge is 2.33. The number of carbonyl (C=O) groups excluding carboxylic acids is 5.